The number of benzene rings is 1. The van der Waals surface area contributed by atoms with Crippen LogP contribution in [0.1, 0.15) is 5.56 Å². The van der Waals surface area contributed by atoms with Gasteiger partial charge in [-0.2, -0.15) is 0 Å². The maximum Gasteiger partial charge on any atom is 0.201 e. The van der Waals surface area contributed by atoms with Crippen molar-refractivity contribution in [3.8, 4) is 0 Å². The van der Waals surface area contributed by atoms with Gasteiger partial charge in [0.2, 0.25) is -1.23 Å². The van der Waals surface area contributed by atoms with Crippen LogP contribution in [0.15, 0.2) is 29.2 Å². The van der Waals surface area contributed by atoms with E-state index in [0.29, 0.717) is 0 Å². The second kappa shape index (κ2) is 5.06. The maximum atomic E-state index is 11.9. The molecule has 0 fully saturated rings. The summed E-state index contributed by atoms with van der Waals surface area (Å²) in [6.07, 6.45) is 0. The highest BCUT2D eigenvalue weighted by Gasteiger charge is 2.27. The molecule has 0 saturated heterocycles. The summed E-state index contributed by atoms with van der Waals surface area (Å²) in [5.41, 5.74) is 1.20. The Labute approximate surface area is 121 Å². The molecule has 1 unspecified atom stereocenters. The molecule has 0 heterocycles. The lowest BCUT2D eigenvalue weighted by molar-refractivity contribution is 0.685. The Morgan fingerprint density at radius 3 is 2.00 bits per heavy atom. The zero-order valence-electron chi connectivity index (χ0n) is 6.76. The van der Waals surface area contributed by atoms with Gasteiger partial charge in [0, 0.05) is 4.90 Å². The van der Waals surface area contributed by atoms with Crippen LogP contribution in [0.3, 0.4) is 0 Å². The predicted octanol–water partition coefficient (Wildman–Crippen LogP) is 4.02. The minimum Gasteiger partial charge on any atom is -0.251 e. The molecule has 5 heteroatoms. The molecule has 1 aromatic rings. The van der Waals surface area contributed by atoms with Crippen LogP contribution in [0.4, 0.5) is 0 Å². The third kappa shape index (κ3) is 3.90. The standard InChI is InChI=1S/C8H7I3OS/c1-6-2-4-7(5-3-6)13(12)8(9,10)11/h2-5H,1H3. The predicted molar refractivity (Wildman–Crippen MR) is 82.4 cm³/mol. The van der Waals surface area contributed by atoms with E-state index in [0.717, 1.165) is 4.90 Å². The molecular weight excluding hydrogens is 525 g/mol. The Morgan fingerprint density at radius 2 is 1.62 bits per heavy atom. The highest BCUT2D eigenvalue weighted by Crippen LogP contribution is 2.41. The van der Waals surface area contributed by atoms with E-state index >= 15 is 0 Å². The minimum atomic E-state index is -0.949. The van der Waals surface area contributed by atoms with Crippen molar-refractivity contribution in [2.24, 2.45) is 0 Å². The van der Waals surface area contributed by atoms with Gasteiger partial charge in [-0.15, -0.1) is 0 Å². The molecule has 0 amide bonds. The van der Waals surface area contributed by atoms with Gasteiger partial charge < -0.3 is 0 Å². The van der Waals surface area contributed by atoms with Gasteiger partial charge in [0.15, 0.2) is 0 Å². The first-order valence-corrected chi connectivity index (χ1v) is 7.85. The summed E-state index contributed by atoms with van der Waals surface area (Å²) in [4.78, 5) is 0.892. The molecule has 0 aliphatic carbocycles. The molecule has 0 saturated carbocycles. The van der Waals surface area contributed by atoms with Crippen molar-refractivity contribution < 1.29 is 4.21 Å². The fourth-order valence-corrected chi connectivity index (χ4v) is 3.73. The summed E-state index contributed by atoms with van der Waals surface area (Å²) in [5.74, 6) is 0. The average molecular weight is 532 g/mol. The Bertz CT molecular complexity index is 315. The van der Waals surface area contributed by atoms with Gasteiger partial charge in [0.25, 0.3) is 0 Å². The average Bonchev–Trinajstić information content (AvgIpc) is 2.03. The molecule has 1 atom stereocenters. The number of alkyl halides is 3. The number of hydrogen-bond donors (Lipinski definition) is 0. The van der Waals surface area contributed by atoms with E-state index in [4.69, 9.17) is 0 Å². The molecule has 0 N–H and O–H groups in total. The highest BCUT2D eigenvalue weighted by molar-refractivity contribution is 14.3. The fourth-order valence-electron chi connectivity index (χ4n) is 0.795. The molecular formula is C8H7I3OS. The summed E-state index contributed by atoms with van der Waals surface area (Å²) in [6, 6.07) is 7.83. The van der Waals surface area contributed by atoms with Crippen molar-refractivity contribution in [1.82, 2.24) is 0 Å². The zero-order valence-corrected chi connectivity index (χ0v) is 14.0. The molecule has 1 rings (SSSR count). The first-order valence-electron chi connectivity index (χ1n) is 3.46. The van der Waals surface area contributed by atoms with E-state index in [9.17, 15) is 4.21 Å². The van der Waals surface area contributed by atoms with E-state index in [1.54, 1.807) is 0 Å². The lowest BCUT2D eigenvalue weighted by Crippen LogP contribution is -2.09. The van der Waals surface area contributed by atoms with E-state index in [-0.39, 0.29) is -1.23 Å². The van der Waals surface area contributed by atoms with Crippen LogP contribution in [-0.2, 0) is 10.8 Å². The molecule has 0 bridgehead atoms. The maximum absolute atomic E-state index is 11.9. The van der Waals surface area contributed by atoms with Crippen LogP contribution in [0, 0.1) is 6.92 Å². The molecule has 0 aliphatic heterocycles. The Hall–Kier alpha value is 1.56. The van der Waals surface area contributed by atoms with Crippen molar-refractivity contribution in [3.63, 3.8) is 0 Å². The second-order valence-electron chi connectivity index (χ2n) is 2.53. The van der Waals surface area contributed by atoms with Crippen molar-refractivity contribution in [3.05, 3.63) is 29.8 Å². The second-order valence-corrected chi connectivity index (χ2v) is 17.4. The van der Waals surface area contributed by atoms with Gasteiger partial charge in [-0.05, 0) is 86.8 Å². The summed E-state index contributed by atoms with van der Waals surface area (Å²) < 4.78 is 11.6. The third-order valence-electron chi connectivity index (χ3n) is 1.45. The van der Waals surface area contributed by atoms with Crippen LogP contribution in [0.5, 0.6) is 0 Å². The lowest BCUT2D eigenvalue weighted by atomic mass is 10.2. The first kappa shape index (κ1) is 12.6. The zero-order chi connectivity index (χ0) is 10.1. The molecule has 1 aromatic carbocycles. The van der Waals surface area contributed by atoms with Crippen LogP contribution in [-0.4, -0.2) is 2.98 Å². The van der Waals surface area contributed by atoms with Crippen LogP contribution in [0.2, 0.25) is 0 Å². The lowest BCUT2D eigenvalue weighted by Gasteiger charge is -2.11. The quantitative estimate of drug-likeness (QED) is 0.416. The largest absolute Gasteiger partial charge is 0.251 e. The normalized spacial score (nSPS) is 14.2. The Balaban J connectivity index is 2.97. The third-order valence-corrected chi connectivity index (χ3v) is 6.17. The summed E-state index contributed by atoms with van der Waals surface area (Å²) in [6.45, 7) is 2.03. The van der Waals surface area contributed by atoms with Gasteiger partial charge in [0.05, 0.1) is 10.8 Å². The molecule has 1 nitrogen and oxygen atoms in total. The topological polar surface area (TPSA) is 17.1 Å². The Kier molecular flexibility index (Phi) is 4.92. The van der Waals surface area contributed by atoms with Crippen molar-refractivity contribution in [1.29, 1.82) is 0 Å². The summed E-state index contributed by atoms with van der Waals surface area (Å²) >= 11 is 6.56. The minimum absolute atomic E-state index is 0.261. The van der Waals surface area contributed by atoms with Gasteiger partial charge in [-0.3, -0.25) is 4.21 Å². The summed E-state index contributed by atoms with van der Waals surface area (Å²) in [7, 11) is -0.949. The molecule has 72 valence electrons. The molecule has 0 spiro atoms. The molecule has 0 radical (unpaired) electrons. The number of aryl methyl sites for hydroxylation is 1. The van der Waals surface area contributed by atoms with E-state index in [1.165, 1.54) is 5.56 Å². The van der Waals surface area contributed by atoms with Crippen molar-refractivity contribution in [2.75, 3.05) is 0 Å². The smallest absolute Gasteiger partial charge is 0.201 e. The fraction of sp³-hybridized carbons (Fsp3) is 0.250. The van der Waals surface area contributed by atoms with Crippen molar-refractivity contribution in [2.45, 2.75) is 10.6 Å². The van der Waals surface area contributed by atoms with Gasteiger partial charge in [-0.1, -0.05) is 17.7 Å². The SMILES string of the molecule is Cc1ccc(S(=O)C(I)(I)I)cc1. The monoisotopic (exact) mass is 532 g/mol. The van der Waals surface area contributed by atoms with Gasteiger partial charge >= 0.3 is 0 Å². The van der Waals surface area contributed by atoms with E-state index in [1.807, 2.05) is 31.2 Å². The van der Waals surface area contributed by atoms with Gasteiger partial charge in [-0.25, -0.2) is 0 Å². The van der Waals surface area contributed by atoms with Crippen molar-refractivity contribution >= 4 is 78.6 Å². The molecule has 0 aliphatic rings. The number of halogens is 3. The van der Waals surface area contributed by atoms with Crippen LogP contribution in [0.25, 0.3) is 0 Å². The first-order chi connectivity index (χ1) is 5.91. The van der Waals surface area contributed by atoms with E-state index in [2.05, 4.69) is 67.8 Å². The highest BCUT2D eigenvalue weighted by atomic mass is 127. The van der Waals surface area contributed by atoms with E-state index < -0.39 is 10.8 Å². The summed E-state index contributed by atoms with van der Waals surface area (Å²) in [5, 5.41) is 0. The molecule has 0 aromatic heterocycles. The Morgan fingerprint density at radius 1 is 1.15 bits per heavy atom. The number of rotatable bonds is 2. The molecule has 13 heavy (non-hydrogen) atoms. The van der Waals surface area contributed by atoms with Gasteiger partial charge in [0.1, 0.15) is 0 Å². The van der Waals surface area contributed by atoms with Crippen LogP contribution < -0.4 is 0 Å². The van der Waals surface area contributed by atoms with Crippen LogP contribution >= 0.6 is 67.8 Å². The number of hydrogen-bond acceptors (Lipinski definition) is 1.